The smallest absolute Gasteiger partial charge is 0.149 e. The first-order valence-corrected chi connectivity index (χ1v) is 11.1. The van der Waals surface area contributed by atoms with Gasteiger partial charge in [0.25, 0.3) is 0 Å². The van der Waals surface area contributed by atoms with Crippen molar-refractivity contribution in [3.8, 4) is 28.1 Å². The summed E-state index contributed by atoms with van der Waals surface area (Å²) in [6.45, 7) is 3.18. The Labute approximate surface area is 180 Å². The largest absolute Gasteiger partial charge is 0.497 e. The first-order chi connectivity index (χ1) is 14.8. The number of ether oxygens (including phenoxy) is 1. The number of nitrogens with zero attached hydrogens (tertiary/aromatic N) is 2. The van der Waals surface area contributed by atoms with Crippen molar-refractivity contribution < 1.29 is 4.74 Å². The van der Waals surface area contributed by atoms with Crippen LogP contribution in [0.5, 0.6) is 5.75 Å². The minimum absolute atomic E-state index is 0.825. The van der Waals surface area contributed by atoms with E-state index in [1.54, 1.807) is 7.11 Å². The Morgan fingerprint density at radius 2 is 1.47 bits per heavy atom. The van der Waals surface area contributed by atoms with Crippen molar-refractivity contribution in [2.45, 2.75) is 51.9 Å². The molecule has 0 atom stereocenters. The van der Waals surface area contributed by atoms with Gasteiger partial charge in [-0.3, -0.25) is 0 Å². The number of hydrogen-bond acceptors (Lipinski definition) is 4. The minimum Gasteiger partial charge on any atom is -0.497 e. The third-order valence-corrected chi connectivity index (χ3v) is 5.33. The fourth-order valence-electron chi connectivity index (χ4n) is 3.58. The zero-order valence-electron chi connectivity index (χ0n) is 18.2. The highest BCUT2D eigenvalue weighted by molar-refractivity contribution is 5.82. The monoisotopic (exact) mass is 403 g/mol. The van der Waals surface area contributed by atoms with Crippen LogP contribution in [-0.2, 0) is 0 Å². The van der Waals surface area contributed by atoms with E-state index in [0.717, 1.165) is 46.9 Å². The zero-order chi connectivity index (χ0) is 21.0. The first-order valence-electron chi connectivity index (χ1n) is 11.1. The van der Waals surface area contributed by atoms with E-state index in [2.05, 4.69) is 52.8 Å². The number of anilines is 1. The molecule has 158 valence electrons. The average molecular weight is 404 g/mol. The Kier molecular flexibility index (Phi) is 8.70. The molecule has 2 aromatic carbocycles. The maximum atomic E-state index is 5.31. The van der Waals surface area contributed by atoms with Crippen molar-refractivity contribution in [3.05, 3.63) is 60.7 Å². The lowest BCUT2D eigenvalue weighted by Crippen LogP contribution is -2.05. The van der Waals surface area contributed by atoms with Crippen LogP contribution in [0.15, 0.2) is 60.7 Å². The number of methoxy groups -OCH3 is 1. The second-order valence-corrected chi connectivity index (χ2v) is 7.63. The summed E-state index contributed by atoms with van der Waals surface area (Å²) in [5, 5.41) is 12.5. The third-order valence-electron chi connectivity index (χ3n) is 5.33. The summed E-state index contributed by atoms with van der Waals surface area (Å²) in [6.07, 6.45) is 9.11. The Balaban J connectivity index is 1.70. The molecule has 3 rings (SSSR count). The summed E-state index contributed by atoms with van der Waals surface area (Å²) in [6, 6.07) is 20.4. The number of rotatable bonds is 12. The second-order valence-electron chi connectivity index (χ2n) is 7.63. The maximum Gasteiger partial charge on any atom is 0.149 e. The Hall–Kier alpha value is -2.88. The van der Waals surface area contributed by atoms with Gasteiger partial charge >= 0.3 is 0 Å². The fraction of sp³-hybridized carbons (Fsp3) is 0.385. The van der Waals surface area contributed by atoms with Crippen LogP contribution < -0.4 is 10.1 Å². The van der Waals surface area contributed by atoms with E-state index in [1.807, 2.05) is 30.3 Å². The zero-order valence-corrected chi connectivity index (χ0v) is 18.2. The van der Waals surface area contributed by atoms with E-state index in [4.69, 9.17) is 4.74 Å². The van der Waals surface area contributed by atoms with Crippen LogP contribution in [-0.4, -0.2) is 23.9 Å². The summed E-state index contributed by atoms with van der Waals surface area (Å²) >= 11 is 0. The number of benzene rings is 2. The molecule has 0 saturated carbocycles. The third kappa shape index (κ3) is 6.31. The van der Waals surface area contributed by atoms with Gasteiger partial charge in [0.05, 0.1) is 7.11 Å². The highest BCUT2D eigenvalue weighted by atomic mass is 16.5. The molecule has 1 N–H and O–H groups in total. The molecule has 30 heavy (non-hydrogen) atoms. The lowest BCUT2D eigenvalue weighted by atomic mass is 10.00. The summed E-state index contributed by atoms with van der Waals surface area (Å²) in [5.41, 5.74) is 4.13. The Bertz CT molecular complexity index is 879. The van der Waals surface area contributed by atoms with Crippen molar-refractivity contribution >= 4 is 5.82 Å². The molecule has 0 aliphatic rings. The van der Waals surface area contributed by atoms with E-state index in [0.29, 0.717) is 0 Å². The van der Waals surface area contributed by atoms with E-state index >= 15 is 0 Å². The van der Waals surface area contributed by atoms with Crippen molar-refractivity contribution in [2.75, 3.05) is 19.0 Å². The summed E-state index contributed by atoms with van der Waals surface area (Å²) in [7, 11) is 1.68. The summed E-state index contributed by atoms with van der Waals surface area (Å²) < 4.78 is 5.31. The standard InChI is InChI=1S/C26H33N3O/c1-3-4-5-6-7-8-12-19-27-25-20-24(21-15-17-23(30-2)18-16-21)26(29-28-25)22-13-10-9-11-14-22/h9-11,13-18,20H,3-8,12,19H2,1-2H3,(H,27,28). The van der Waals surface area contributed by atoms with Gasteiger partial charge in [0.2, 0.25) is 0 Å². The van der Waals surface area contributed by atoms with Crippen molar-refractivity contribution in [3.63, 3.8) is 0 Å². The van der Waals surface area contributed by atoms with Gasteiger partial charge in [0, 0.05) is 17.7 Å². The number of aromatic nitrogens is 2. The summed E-state index contributed by atoms with van der Waals surface area (Å²) in [5.74, 6) is 1.67. The predicted octanol–water partition coefficient (Wildman–Crippen LogP) is 6.98. The van der Waals surface area contributed by atoms with Crippen LogP contribution in [0, 0.1) is 0 Å². The van der Waals surface area contributed by atoms with Crippen LogP contribution in [0.3, 0.4) is 0 Å². The molecule has 0 aliphatic carbocycles. The van der Waals surface area contributed by atoms with Gasteiger partial charge in [0.1, 0.15) is 17.3 Å². The number of nitrogens with one attached hydrogen (secondary N) is 1. The van der Waals surface area contributed by atoms with E-state index in [1.165, 1.54) is 38.5 Å². The molecule has 4 nitrogen and oxygen atoms in total. The van der Waals surface area contributed by atoms with Gasteiger partial charge in [-0.05, 0) is 30.2 Å². The first kappa shape index (κ1) is 21.8. The average Bonchev–Trinajstić information content (AvgIpc) is 2.81. The second kappa shape index (κ2) is 12.0. The van der Waals surface area contributed by atoms with Crippen LogP contribution >= 0.6 is 0 Å². The van der Waals surface area contributed by atoms with Crippen LogP contribution in [0.1, 0.15) is 51.9 Å². The van der Waals surface area contributed by atoms with Crippen LogP contribution in [0.25, 0.3) is 22.4 Å². The molecule has 0 saturated heterocycles. The normalized spacial score (nSPS) is 10.7. The SMILES string of the molecule is CCCCCCCCCNc1cc(-c2ccc(OC)cc2)c(-c2ccccc2)nn1. The fourth-order valence-corrected chi connectivity index (χ4v) is 3.58. The van der Waals surface area contributed by atoms with Gasteiger partial charge in [-0.1, -0.05) is 87.9 Å². The lowest BCUT2D eigenvalue weighted by Gasteiger charge is -2.12. The highest BCUT2D eigenvalue weighted by Crippen LogP contribution is 2.32. The molecule has 0 amide bonds. The molecule has 1 heterocycles. The topological polar surface area (TPSA) is 47.0 Å². The molecular formula is C26H33N3O. The quantitative estimate of drug-likeness (QED) is 0.331. The van der Waals surface area contributed by atoms with Crippen molar-refractivity contribution in [1.29, 1.82) is 0 Å². The van der Waals surface area contributed by atoms with Gasteiger partial charge < -0.3 is 10.1 Å². The minimum atomic E-state index is 0.825. The highest BCUT2D eigenvalue weighted by Gasteiger charge is 2.12. The predicted molar refractivity (Wildman–Crippen MR) is 126 cm³/mol. The van der Waals surface area contributed by atoms with Crippen LogP contribution in [0.4, 0.5) is 5.82 Å². The molecule has 0 spiro atoms. The number of unbranched alkanes of at least 4 members (excludes halogenated alkanes) is 6. The molecule has 0 fully saturated rings. The van der Waals surface area contributed by atoms with Crippen LogP contribution in [0.2, 0.25) is 0 Å². The van der Waals surface area contributed by atoms with Gasteiger partial charge in [0.15, 0.2) is 0 Å². The molecule has 0 bridgehead atoms. The van der Waals surface area contributed by atoms with Gasteiger partial charge in [-0.25, -0.2) is 0 Å². The molecule has 3 aromatic rings. The Morgan fingerprint density at radius 1 is 0.767 bits per heavy atom. The molecule has 1 aromatic heterocycles. The van der Waals surface area contributed by atoms with Gasteiger partial charge in [-0.2, -0.15) is 0 Å². The molecule has 0 unspecified atom stereocenters. The Morgan fingerprint density at radius 3 is 2.17 bits per heavy atom. The van der Waals surface area contributed by atoms with Gasteiger partial charge in [-0.15, -0.1) is 10.2 Å². The molecule has 0 radical (unpaired) electrons. The lowest BCUT2D eigenvalue weighted by molar-refractivity contribution is 0.415. The number of hydrogen-bond donors (Lipinski definition) is 1. The molecule has 0 aliphatic heterocycles. The van der Waals surface area contributed by atoms with Crippen molar-refractivity contribution in [2.24, 2.45) is 0 Å². The van der Waals surface area contributed by atoms with E-state index in [-0.39, 0.29) is 0 Å². The van der Waals surface area contributed by atoms with E-state index in [9.17, 15) is 0 Å². The maximum absolute atomic E-state index is 5.31. The summed E-state index contributed by atoms with van der Waals surface area (Å²) in [4.78, 5) is 0. The van der Waals surface area contributed by atoms with Crippen molar-refractivity contribution in [1.82, 2.24) is 10.2 Å². The molecular weight excluding hydrogens is 370 g/mol. The molecule has 4 heteroatoms. The van der Waals surface area contributed by atoms with E-state index < -0.39 is 0 Å².